The first-order valence-corrected chi connectivity index (χ1v) is 7.42. The van der Waals surface area contributed by atoms with E-state index in [1.807, 2.05) is 13.8 Å². The van der Waals surface area contributed by atoms with E-state index in [0.29, 0.717) is 19.7 Å². The van der Waals surface area contributed by atoms with E-state index in [0.717, 1.165) is 5.56 Å². The molecule has 1 aromatic carbocycles. The molecule has 4 heteroatoms. The van der Waals surface area contributed by atoms with Crippen LogP contribution in [0.1, 0.15) is 31.9 Å². The van der Waals surface area contributed by atoms with Gasteiger partial charge in [0.15, 0.2) is 0 Å². The quantitative estimate of drug-likeness (QED) is 0.740. The van der Waals surface area contributed by atoms with E-state index in [1.165, 1.54) is 5.56 Å². The smallest absolute Gasteiger partial charge is 0.251 e. The lowest BCUT2D eigenvalue weighted by Crippen LogP contribution is -2.41. The van der Waals surface area contributed by atoms with Gasteiger partial charge in [0.05, 0.1) is 12.7 Å². The van der Waals surface area contributed by atoms with Crippen molar-refractivity contribution in [2.75, 3.05) is 20.3 Å². The van der Waals surface area contributed by atoms with Gasteiger partial charge < -0.3 is 14.4 Å². The summed E-state index contributed by atoms with van der Waals surface area (Å²) in [4.78, 5) is 14.3. The normalized spacial score (nSPS) is 12.5. The highest BCUT2D eigenvalue weighted by molar-refractivity contribution is 5.80. The topological polar surface area (TPSA) is 38.8 Å². The van der Waals surface area contributed by atoms with Crippen molar-refractivity contribution in [3.63, 3.8) is 0 Å². The van der Waals surface area contributed by atoms with Gasteiger partial charge in [-0.05, 0) is 33.3 Å². The molecule has 0 bridgehead atoms. The highest BCUT2D eigenvalue weighted by atomic mass is 16.5. The number of hydrogen-bond acceptors (Lipinski definition) is 3. The maximum absolute atomic E-state index is 12.5. The minimum absolute atomic E-state index is 0.00123. The maximum Gasteiger partial charge on any atom is 0.251 e. The molecule has 0 saturated heterocycles. The molecule has 4 nitrogen and oxygen atoms in total. The Morgan fingerprint density at radius 3 is 2.33 bits per heavy atom. The van der Waals surface area contributed by atoms with E-state index in [1.54, 1.807) is 18.9 Å². The van der Waals surface area contributed by atoms with Crippen molar-refractivity contribution in [2.24, 2.45) is 0 Å². The summed E-state index contributed by atoms with van der Waals surface area (Å²) in [6.07, 6.45) is -0.403. The van der Waals surface area contributed by atoms with Gasteiger partial charge in [0.2, 0.25) is 0 Å². The average Bonchev–Trinajstić information content (AvgIpc) is 2.44. The van der Waals surface area contributed by atoms with Crippen LogP contribution in [-0.2, 0) is 20.8 Å². The number of nitrogens with zero attached hydrogens (tertiary/aromatic N) is 1. The van der Waals surface area contributed by atoms with E-state index in [4.69, 9.17) is 9.47 Å². The Bertz CT molecular complexity index is 428. The number of hydrogen-bond donors (Lipinski definition) is 0. The Hall–Kier alpha value is -1.39. The minimum atomic E-state index is -0.438. The molecular weight excluding hydrogens is 266 g/mol. The number of aryl methyl sites for hydroxylation is 1. The largest absolute Gasteiger partial charge is 0.383 e. The van der Waals surface area contributed by atoms with Crippen LogP contribution in [0.15, 0.2) is 24.3 Å². The third-order valence-electron chi connectivity index (χ3n) is 3.20. The van der Waals surface area contributed by atoms with Crippen LogP contribution in [0.3, 0.4) is 0 Å². The fourth-order valence-electron chi connectivity index (χ4n) is 2.11. The van der Waals surface area contributed by atoms with E-state index < -0.39 is 6.10 Å². The number of benzene rings is 1. The molecule has 118 valence electrons. The second kappa shape index (κ2) is 8.80. The van der Waals surface area contributed by atoms with Crippen LogP contribution in [-0.4, -0.2) is 43.3 Å². The van der Waals surface area contributed by atoms with Crippen molar-refractivity contribution in [3.8, 4) is 0 Å². The van der Waals surface area contributed by atoms with Crippen molar-refractivity contribution in [3.05, 3.63) is 35.4 Å². The molecular formula is C17H27NO3. The Kier molecular flexibility index (Phi) is 7.40. The number of ether oxygens (including phenoxy) is 2. The van der Waals surface area contributed by atoms with Crippen molar-refractivity contribution in [2.45, 2.75) is 46.4 Å². The molecule has 1 amide bonds. The van der Waals surface area contributed by atoms with Crippen LogP contribution in [0.4, 0.5) is 0 Å². The predicted molar refractivity (Wildman–Crippen MR) is 84.2 cm³/mol. The first-order valence-electron chi connectivity index (χ1n) is 7.42. The Labute approximate surface area is 128 Å². The van der Waals surface area contributed by atoms with Crippen molar-refractivity contribution >= 4 is 5.91 Å². The van der Waals surface area contributed by atoms with Gasteiger partial charge in [-0.1, -0.05) is 29.8 Å². The molecule has 1 atom stereocenters. The lowest BCUT2D eigenvalue weighted by Gasteiger charge is -2.26. The van der Waals surface area contributed by atoms with Crippen molar-refractivity contribution in [1.82, 2.24) is 4.90 Å². The minimum Gasteiger partial charge on any atom is -0.383 e. The first-order chi connectivity index (χ1) is 9.93. The molecule has 0 aromatic heterocycles. The molecule has 0 aliphatic rings. The second-order valence-electron chi connectivity index (χ2n) is 5.57. The summed E-state index contributed by atoms with van der Waals surface area (Å²) in [6.45, 7) is 9.38. The molecule has 21 heavy (non-hydrogen) atoms. The van der Waals surface area contributed by atoms with E-state index in [-0.39, 0.29) is 12.0 Å². The van der Waals surface area contributed by atoms with E-state index in [9.17, 15) is 4.79 Å². The molecule has 0 heterocycles. The van der Waals surface area contributed by atoms with Crippen LogP contribution < -0.4 is 0 Å². The van der Waals surface area contributed by atoms with Crippen LogP contribution in [0.5, 0.6) is 0 Å². The van der Waals surface area contributed by atoms with Gasteiger partial charge in [-0.25, -0.2) is 0 Å². The zero-order valence-electron chi connectivity index (χ0n) is 13.8. The summed E-state index contributed by atoms with van der Waals surface area (Å²) < 4.78 is 10.7. The molecule has 1 aromatic rings. The molecule has 0 aliphatic carbocycles. The standard InChI is InChI=1S/C17H27NO3/c1-13(2)21-15(4)17(19)18(10-11-20-5)12-16-8-6-14(3)7-9-16/h6-9,13,15H,10-12H2,1-5H3/t15-/m1/s1. The van der Waals surface area contributed by atoms with Gasteiger partial charge in [0, 0.05) is 20.2 Å². The molecule has 0 unspecified atom stereocenters. The number of methoxy groups -OCH3 is 1. The van der Waals surface area contributed by atoms with Gasteiger partial charge >= 0.3 is 0 Å². The second-order valence-corrected chi connectivity index (χ2v) is 5.57. The third kappa shape index (κ3) is 6.27. The lowest BCUT2D eigenvalue weighted by molar-refractivity contribution is -0.146. The summed E-state index contributed by atoms with van der Waals surface area (Å²) in [7, 11) is 1.64. The number of carbonyl (C=O) groups excluding carboxylic acids is 1. The van der Waals surface area contributed by atoms with Gasteiger partial charge in [-0.15, -0.1) is 0 Å². The van der Waals surface area contributed by atoms with Crippen LogP contribution in [0.25, 0.3) is 0 Å². The number of rotatable bonds is 8. The fourth-order valence-corrected chi connectivity index (χ4v) is 2.11. The molecule has 0 N–H and O–H groups in total. The summed E-state index contributed by atoms with van der Waals surface area (Å²) in [6, 6.07) is 8.22. The summed E-state index contributed by atoms with van der Waals surface area (Å²) >= 11 is 0. The monoisotopic (exact) mass is 293 g/mol. The molecule has 0 fully saturated rings. The highest BCUT2D eigenvalue weighted by Crippen LogP contribution is 2.10. The predicted octanol–water partition coefficient (Wildman–Crippen LogP) is 2.78. The Morgan fingerprint density at radius 1 is 1.19 bits per heavy atom. The molecule has 0 aliphatic heterocycles. The van der Waals surface area contributed by atoms with E-state index >= 15 is 0 Å². The zero-order chi connectivity index (χ0) is 15.8. The lowest BCUT2D eigenvalue weighted by atomic mass is 10.1. The van der Waals surface area contributed by atoms with Gasteiger partial charge in [0.25, 0.3) is 5.91 Å². The highest BCUT2D eigenvalue weighted by Gasteiger charge is 2.22. The SMILES string of the molecule is COCCN(Cc1ccc(C)cc1)C(=O)[C@@H](C)OC(C)C. The van der Waals surface area contributed by atoms with Gasteiger partial charge in [-0.2, -0.15) is 0 Å². The first kappa shape index (κ1) is 17.7. The van der Waals surface area contributed by atoms with Crippen molar-refractivity contribution in [1.29, 1.82) is 0 Å². The van der Waals surface area contributed by atoms with Gasteiger partial charge in [-0.3, -0.25) is 4.79 Å². The molecule has 1 rings (SSSR count). The van der Waals surface area contributed by atoms with Gasteiger partial charge in [0.1, 0.15) is 6.10 Å². The number of amides is 1. The molecule has 0 radical (unpaired) electrons. The molecule has 0 saturated carbocycles. The number of carbonyl (C=O) groups is 1. The molecule has 0 spiro atoms. The summed E-state index contributed by atoms with van der Waals surface area (Å²) in [5.41, 5.74) is 2.33. The average molecular weight is 293 g/mol. The van der Waals surface area contributed by atoms with Crippen LogP contribution in [0, 0.1) is 6.92 Å². The Balaban J connectivity index is 2.74. The van der Waals surface area contributed by atoms with E-state index in [2.05, 4.69) is 31.2 Å². The maximum atomic E-state index is 12.5. The summed E-state index contributed by atoms with van der Waals surface area (Å²) in [5, 5.41) is 0. The van der Waals surface area contributed by atoms with Crippen LogP contribution >= 0.6 is 0 Å². The van der Waals surface area contributed by atoms with Crippen molar-refractivity contribution < 1.29 is 14.3 Å². The zero-order valence-corrected chi connectivity index (χ0v) is 13.8. The summed E-state index contributed by atoms with van der Waals surface area (Å²) in [5.74, 6) is 0.00123. The fraction of sp³-hybridized carbons (Fsp3) is 0.588. The Morgan fingerprint density at radius 2 is 1.81 bits per heavy atom. The van der Waals surface area contributed by atoms with Crippen LogP contribution in [0.2, 0.25) is 0 Å². The third-order valence-corrected chi connectivity index (χ3v) is 3.20.